The summed E-state index contributed by atoms with van der Waals surface area (Å²) in [5, 5.41) is 0. The van der Waals surface area contributed by atoms with Gasteiger partial charge in [0.05, 0.1) is 33.6 Å². The zero-order valence-electron chi connectivity index (χ0n) is 15.5. The molecule has 9 heteroatoms. The summed E-state index contributed by atoms with van der Waals surface area (Å²) < 4.78 is 45.9. The maximum Gasteiger partial charge on any atom is 0.416 e. The Bertz CT molecular complexity index is 1200. The van der Waals surface area contributed by atoms with Crippen LogP contribution >= 0.6 is 11.3 Å². The SMILES string of the molecule is NC(=O)Cc1sc(-c2cnc3ccccn23)cc1OCc1ccc(C(F)(F)F)cc1. The number of fused-ring (bicyclic) bond motifs is 1. The van der Waals surface area contributed by atoms with E-state index in [2.05, 4.69) is 4.98 Å². The molecule has 0 aliphatic heterocycles. The van der Waals surface area contributed by atoms with E-state index >= 15 is 0 Å². The molecule has 4 rings (SSSR count). The number of pyridine rings is 1. The van der Waals surface area contributed by atoms with Gasteiger partial charge in [0.2, 0.25) is 5.91 Å². The van der Waals surface area contributed by atoms with Crippen molar-refractivity contribution in [3.63, 3.8) is 0 Å². The third kappa shape index (κ3) is 4.16. The monoisotopic (exact) mass is 431 g/mol. The number of hydrogen-bond acceptors (Lipinski definition) is 4. The summed E-state index contributed by atoms with van der Waals surface area (Å²) in [7, 11) is 0. The molecular formula is C21H16F3N3O2S. The van der Waals surface area contributed by atoms with Crippen LogP contribution in [0.5, 0.6) is 5.75 Å². The normalized spacial score (nSPS) is 11.7. The zero-order chi connectivity index (χ0) is 21.3. The molecular weight excluding hydrogens is 415 g/mol. The van der Waals surface area contributed by atoms with Crippen molar-refractivity contribution in [2.24, 2.45) is 5.73 Å². The Morgan fingerprint density at radius 2 is 1.93 bits per heavy atom. The Morgan fingerprint density at radius 3 is 2.63 bits per heavy atom. The lowest BCUT2D eigenvalue weighted by Gasteiger charge is -2.09. The number of ether oxygens (including phenoxy) is 1. The molecule has 2 N–H and O–H groups in total. The molecule has 0 spiro atoms. The smallest absolute Gasteiger partial charge is 0.416 e. The molecule has 1 amide bonds. The van der Waals surface area contributed by atoms with Crippen molar-refractivity contribution in [3.05, 3.63) is 76.9 Å². The molecule has 0 radical (unpaired) electrons. The van der Waals surface area contributed by atoms with E-state index in [9.17, 15) is 18.0 Å². The average molecular weight is 431 g/mol. The highest BCUT2D eigenvalue weighted by Crippen LogP contribution is 2.37. The van der Waals surface area contributed by atoms with Crippen LogP contribution in [0.15, 0.2) is 60.9 Å². The number of nitrogens with zero attached hydrogens (tertiary/aromatic N) is 2. The molecule has 3 aromatic heterocycles. The van der Waals surface area contributed by atoms with Gasteiger partial charge in [-0.05, 0) is 29.8 Å². The number of carbonyl (C=O) groups is 1. The van der Waals surface area contributed by atoms with Crippen LogP contribution in [0, 0.1) is 0 Å². The van der Waals surface area contributed by atoms with Gasteiger partial charge in [-0.15, -0.1) is 11.3 Å². The molecule has 154 valence electrons. The molecule has 0 atom stereocenters. The van der Waals surface area contributed by atoms with Crippen molar-refractivity contribution in [1.29, 1.82) is 0 Å². The van der Waals surface area contributed by atoms with Crippen LogP contribution in [0.4, 0.5) is 13.2 Å². The quantitative estimate of drug-likeness (QED) is 0.482. The number of hydrogen-bond donors (Lipinski definition) is 1. The second-order valence-electron chi connectivity index (χ2n) is 6.60. The maximum absolute atomic E-state index is 12.7. The van der Waals surface area contributed by atoms with Crippen LogP contribution in [0.25, 0.3) is 16.2 Å². The first-order chi connectivity index (χ1) is 14.3. The van der Waals surface area contributed by atoms with Gasteiger partial charge in [-0.1, -0.05) is 18.2 Å². The molecule has 0 aliphatic carbocycles. The summed E-state index contributed by atoms with van der Waals surface area (Å²) >= 11 is 1.37. The molecule has 5 nitrogen and oxygen atoms in total. The summed E-state index contributed by atoms with van der Waals surface area (Å²) in [5.74, 6) is -0.0273. The van der Waals surface area contributed by atoms with E-state index in [-0.39, 0.29) is 13.0 Å². The van der Waals surface area contributed by atoms with Crippen LogP contribution in [0.3, 0.4) is 0 Å². The van der Waals surface area contributed by atoms with Gasteiger partial charge < -0.3 is 10.5 Å². The van der Waals surface area contributed by atoms with Crippen molar-refractivity contribution in [2.75, 3.05) is 0 Å². The summed E-state index contributed by atoms with van der Waals surface area (Å²) in [6.45, 7) is 0.0627. The second-order valence-corrected chi connectivity index (χ2v) is 7.73. The van der Waals surface area contributed by atoms with Gasteiger partial charge in [0.1, 0.15) is 18.0 Å². The molecule has 0 unspecified atom stereocenters. The van der Waals surface area contributed by atoms with E-state index < -0.39 is 17.6 Å². The summed E-state index contributed by atoms with van der Waals surface area (Å²) in [4.78, 5) is 17.3. The van der Waals surface area contributed by atoms with E-state index in [1.807, 2.05) is 28.8 Å². The molecule has 0 saturated carbocycles. The molecule has 1 aromatic carbocycles. The number of thiophene rings is 1. The van der Waals surface area contributed by atoms with Gasteiger partial charge in [0.15, 0.2) is 0 Å². The molecule has 0 saturated heterocycles. The van der Waals surface area contributed by atoms with Gasteiger partial charge in [0, 0.05) is 12.3 Å². The Morgan fingerprint density at radius 1 is 1.17 bits per heavy atom. The highest BCUT2D eigenvalue weighted by molar-refractivity contribution is 7.15. The molecule has 0 aliphatic rings. The lowest BCUT2D eigenvalue weighted by Crippen LogP contribution is -2.13. The van der Waals surface area contributed by atoms with Crippen molar-refractivity contribution in [2.45, 2.75) is 19.2 Å². The van der Waals surface area contributed by atoms with Crippen molar-refractivity contribution < 1.29 is 22.7 Å². The van der Waals surface area contributed by atoms with Crippen LogP contribution in [0.1, 0.15) is 16.0 Å². The predicted molar refractivity (Wildman–Crippen MR) is 107 cm³/mol. The highest BCUT2D eigenvalue weighted by atomic mass is 32.1. The zero-order valence-corrected chi connectivity index (χ0v) is 16.3. The largest absolute Gasteiger partial charge is 0.488 e. The van der Waals surface area contributed by atoms with Gasteiger partial charge in [-0.25, -0.2) is 4.98 Å². The Balaban J connectivity index is 1.60. The first kappa shape index (κ1) is 20.0. The van der Waals surface area contributed by atoms with E-state index in [4.69, 9.17) is 10.5 Å². The van der Waals surface area contributed by atoms with Crippen LogP contribution in [0.2, 0.25) is 0 Å². The van der Waals surface area contributed by atoms with Crippen molar-refractivity contribution >= 4 is 22.9 Å². The Labute approximate surface area is 173 Å². The minimum atomic E-state index is -4.38. The number of alkyl halides is 3. The number of amides is 1. The average Bonchev–Trinajstić information content (AvgIpc) is 3.29. The first-order valence-electron chi connectivity index (χ1n) is 8.93. The van der Waals surface area contributed by atoms with Gasteiger partial charge in [-0.3, -0.25) is 9.20 Å². The van der Waals surface area contributed by atoms with Gasteiger partial charge >= 0.3 is 6.18 Å². The summed E-state index contributed by atoms with van der Waals surface area (Å²) in [6, 6.07) is 12.2. The Hall–Kier alpha value is -3.33. The molecule has 3 heterocycles. The number of halogens is 3. The predicted octanol–water partition coefficient (Wildman–Crippen LogP) is 4.69. The van der Waals surface area contributed by atoms with Crippen molar-refractivity contribution in [1.82, 2.24) is 9.38 Å². The highest BCUT2D eigenvalue weighted by Gasteiger charge is 2.30. The number of imidazole rings is 1. The minimum Gasteiger partial charge on any atom is -0.488 e. The summed E-state index contributed by atoms with van der Waals surface area (Å²) in [6.07, 6.45) is -0.767. The van der Waals surface area contributed by atoms with E-state index in [1.165, 1.54) is 23.5 Å². The van der Waals surface area contributed by atoms with Gasteiger partial charge in [0.25, 0.3) is 0 Å². The standard InChI is InChI=1S/C21H16F3N3O2S/c22-21(23,24)14-6-4-13(5-7-14)12-29-16-9-17(30-18(16)10-19(25)28)15-11-26-20-3-1-2-8-27(15)20/h1-9,11H,10,12H2,(H2,25,28). The summed E-state index contributed by atoms with van der Waals surface area (Å²) in [5.41, 5.74) is 6.85. The van der Waals surface area contributed by atoms with Crippen LogP contribution in [-0.2, 0) is 24.0 Å². The number of primary amides is 1. The molecule has 30 heavy (non-hydrogen) atoms. The number of aromatic nitrogens is 2. The molecule has 4 aromatic rings. The van der Waals surface area contributed by atoms with Crippen LogP contribution < -0.4 is 10.5 Å². The van der Waals surface area contributed by atoms with E-state index in [0.717, 1.165) is 28.4 Å². The third-order valence-corrected chi connectivity index (χ3v) is 5.59. The number of carbonyl (C=O) groups excluding carboxylic acids is 1. The third-order valence-electron chi connectivity index (χ3n) is 4.45. The maximum atomic E-state index is 12.7. The Kier molecular flexibility index (Phi) is 5.21. The van der Waals surface area contributed by atoms with E-state index in [0.29, 0.717) is 16.2 Å². The molecule has 0 fully saturated rings. The fourth-order valence-electron chi connectivity index (χ4n) is 3.01. The lowest BCUT2D eigenvalue weighted by atomic mass is 10.1. The topological polar surface area (TPSA) is 69.6 Å². The second kappa shape index (κ2) is 7.83. The van der Waals surface area contributed by atoms with E-state index in [1.54, 1.807) is 12.3 Å². The van der Waals surface area contributed by atoms with Gasteiger partial charge in [-0.2, -0.15) is 13.2 Å². The lowest BCUT2D eigenvalue weighted by molar-refractivity contribution is -0.137. The van der Waals surface area contributed by atoms with Crippen molar-refractivity contribution in [3.8, 4) is 16.3 Å². The fraction of sp³-hybridized carbons (Fsp3) is 0.143. The minimum absolute atomic E-state index is 0.00372. The fourth-order valence-corrected chi connectivity index (χ4v) is 4.13. The van der Waals surface area contributed by atoms with Crippen LogP contribution in [-0.4, -0.2) is 15.3 Å². The number of rotatable bonds is 6. The number of benzene rings is 1. The first-order valence-corrected chi connectivity index (χ1v) is 9.75. The number of nitrogens with two attached hydrogens (primary N) is 1. The molecule has 0 bridgehead atoms.